The van der Waals surface area contributed by atoms with E-state index in [1.165, 1.54) is 37.9 Å². The molecule has 11 nitrogen and oxygen atoms in total. The molecule has 0 bridgehead atoms. The molecule has 1 aliphatic heterocycles. The number of carbonyl (C=O) groups is 1. The van der Waals surface area contributed by atoms with Crippen LogP contribution in [0.25, 0.3) is 5.69 Å². The molecule has 6 rings (SSSR count). The Kier molecular flexibility index (Phi) is 9.97. The minimum Gasteiger partial charge on any atom is -0.490 e. The lowest BCUT2D eigenvalue weighted by Gasteiger charge is -2.26. The summed E-state index contributed by atoms with van der Waals surface area (Å²) in [5.41, 5.74) is 3.86. The molecule has 1 aliphatic rings. The average Bonchev–Trinajstić information content (AvgIpc) is 3.62. The number of halogens is 1. The highest BCUT2D eigenvalue weighted by atomic mass is 19.1. The summed E-state index contributed by atoms with van der Waals surface area (Å²) in [6.45, 7) is 7.48. The number of para-hydroxylation sites is 1. The first-order valence-electron chi connectivity index (χ1n) is 15.7. The third-order valence-electron chi connectivity index (χ3n) is 7.97. The lowest BCUT2D eigenvalue weighted by atomic mass is 10.1. The number of hydrogen-bond donors (Lipinski definition) is 2. The summed E-state index contributed by atoms with van der Waals surface area (Å²) in [6, 6.07) is 17.5. The Balaban J connectivity index is 1.18. The molecule has 242 valence electrons. The standard InChI is InChI=1S/C35H37FN8O3/c1-24-8-6-9-25(2)32(24)41-33(45)29-21-38-35(42-34(29)47-28-13-11-27(12-14-28)44-23-37-22-39-44)40-26-10-15-31(30(36)20-26)46-19-7-18-43-16-4-3-5-17-43/h6,8-15,20-23H,3-5,7,16-19H2,1-2H3,(H,41,45)(H,38,40,42). The molecular weight excluding hydrogens is 599 g/mol. The van der Waals surface area contributed by atoms with Gasteiger partial charge in [0.15, 0.2) is 11.6 Å². The number of piperidine rings is 1. The van der Waals surface area contributed by atoms with Crippen molar-refractivity contribution in [2.75, 3.05) is 36.9 Å². The smallest absolute Gasteiger partial charge is 0.262 e. The molecule has 1 fully saturated rings. The number of benzene rings is 3. The van der Waals surface area contributed by atoms with Gasteiger partial charge in [0.25, 0.3) is 5.91 Å². The molecule has 3 heterocycles. The van der Waals surface area contributed by atoms with E-state index in [4.69, 9.17) is 9.47 Å². The molecule has 0 unspecified atom stereocenters. The van der Waals surface area contributed by atoms with Crippen molar-refractivity contribution < 1.29 is 18.7 Å². The summed E-state index contributed by atoms with van der Waals surface area (Å²) >= 11 is 0. The minimum atomic E-state index is -0.499. The van der Waals surface area contributed by atoms with Gasteiger partial charge in [-0.1, -0.05) is 24.6 Å². The SMILES string of the molecule is Cc1cccc(C)c1NC(=O)c1cnc(Nc2ccc(OCCCN3CCCCC3)c(F)c2)nc1Oc1ccc(-n2cncn2)cc1. The Hall–Kier alpha value is -5.36. The molecule has 5 aromatic rings. The van der Waals surface area contributed by atoms with Crippen LogP contribution in [0.2, 0.25) is 0 Å². The monoisotopic (exact) mass is 636 g/mol. The molecule has 0 spiro atoms. The van der Waals surface area contributed by atoms with Crippen molar-refractivity contribution in [3.63, 3.8) is 0 Å². The summed E-state index contributed by atoms with van der Waals surface area (Å²) in [4.78, 5) is 28.8. The van der Waals surface area contributed by atoms with E-state index in [0.29, 0.717) is 23.7 Å². The summed E-state index contributed by atoms with van der Waals surface area (Å²) in [6.07, 6.45) is 9.03. The second kappa shape index (κ2) is 14.8. The van der Waals surface area contributed by atoms with Crippen molar-refractivity contribution in [2.45, 2.75) is 39.5 Å². The molecule has 0 saturated carbocycles. The summed E-state index contributed by atoms with van der Waals surface area (Å²) in [5.74, 6) is -0.164. The fourth-order valence-electron chi connectivity index (χ4n) is 5.45. The number of carbonyl (C=O) groups excluding carboxylic acids is 1. The quantitative estimate of drug-likeness (QED) is 0.142. The lowest BCUT2D eigenvalue weighted by Crippen LogP contribution is -2.31. The predicted octanol–water partition coefficient (Wildman–Crippen LogP) is 6.86. The summed E-state index contributed by atoms with van der Waals surface area (Å²) < 4.78 is 28.4. The number of nitrogens with zero attached hydrogens (tertiary/aromatic N) is 6. The zero-order valence-corrected chi connectivity index (χ0v) is 26.4. The van der Waals surface area contributed by atoms with Gasteiger partial charge in [0.2, 0.25) is 11.8 Å². The Labute approximate surface area is 272 Å². The fourth-order valence-corrected chi connectivity index (χ4v) is 5.45. The summed E-state index contributed by atoms with van der Waals surface area (Å²) in [5, 5.41) is 10.1. The highest BCUT2D eigenvalue weighted by Crippen LogP contribution is 2.29. The molecule has 2 aromatic heterocycles. The van der Waals surface area contributed by atoms with Crippen LogP contribution >= 0.6 is 0 Å². The van der Waals surface area contributed by atoms with Crippen LogP contribution in [-0.4, -0.2) is 61.8 Å². The largest absolute Gasteiger partial charge is 0.490 e. The van der Waals surface area contributed by atoms with Crippen LogP contribution in [0.3, 0.4) is 0 Å². The summed E-state index contributed by atoms with van der Waals surface area (Å²) in [7, 11) is 0. The Bertz CT molecular complexity index is 1790. The number of amides is 1. The molecule has 47 heavy (non-hydrogen) atoms. The first-order valence-corrected chi connectivity index (χ1v) is 15.7. The van der Waals surface area contributed by atoms with Gasteiger partial charge in [-0.05, 0) is 93.7 Å². The number of rotatable bonds is 12. The minimum absolute atomic E-state index is 0.0221. The van der Waals surface area contributed by atoms with Gasteiger partial charge in [0, 0.05) is 30.2 Å². The highest BCUT2D eigenvalue weighted by molar-refractivity contribution is 6.06. The Morgan fingerprint density at radius 1 is 1.00 bits per heavy atom. The molecule has 2 N–H and O–H groups in total. The van der Waals surface area contributed by atoms with Crippen molar-refractivity contribution in [3.8, 4) is 23.1 Å². The molecule has 1 amide bonds. The zero-order chi connectivity index (χ0) is 32.6. The van der Waals surface area contributed by atoms with E-state index >= 15 is 0 Å². The van der Waals surface area contributed by atoms with Gasteiger partial charge < -0.3 is 25.0 Å². The molecule has 1 saturated heterocycles. The topological polar surface area (TPSA) is 119 Å². The van der Waals surface area contributed by atoms with Crippen molar-refractivity contribution >= 4 is 23.2 Å². The van der Waals surface area contributed by atoms with E-state index in [9.17, 15) is 9.18 Å². The van der Waals surface area contributed by atoms with E-state index in [1.807, 2.05) is 32.0 Å². The van der Waals surface area contributed by atoms with E-state index in [1.54, 1.807) is 47.4 Å². The molecule has 0 aliphatic carbocycles. The predicted molar refractivity (Wildman–Crippen MR) is 177 cm³/mol. The maximum atomic E-state index is 15.0. The second-order valence-electron chi connectivity index (χ2n) is 11.4. The normalized spacial score (nSPS) is 13.3. The Morgan fingerprint density at radius 3 is 2.51 bits per heavy atom. The van der Waals surface area contributed by atoms with Crippen LogP contribution in [0.15, 0.2) is 79.5 Å². The number of ether oxygens (including phenoxy) is 2. The first-order chi connectivity index (χ1) is 22.9. The number of aryl methyl sites for hydroxylation is 2. The van der Waals surface area contributed by atoms with Gasteiger partial charge in [-0.2, -0.15) is 10.1 Å². The van der Waals surface area contributed by atoms with Crippen LogP contribution < -0.4 is 20.1 Å². The maximum Gasteiger partial charge on any atom is 0.262 e. The van der Waals surface area contributed by atoms with E-state index in [2.05, 4.69) is 35.6 Å². The van der Waals surface area contributed by atoms with Gasteiger partial charge in [-0.3, -0.25) is 4.79 Å². The molecular formula is C35H37FN8O3. The van der Waals surface area contributed by atoms with Crippen LogP contribution in [0.1, 0.15) is 47.2 Å². The van der Waals surface area contributed by atoms with Crippen LogP contribution in [0.4, 0.5) is 21.7 Å². The molecule has 0 atom stereocenters. The second-order valence-corrected chi connectivity index (χ2v) is 11.4. The van der Waals surface area contributed by atoms with Gasteiger partial charge in [0.05, 0.1) is 12.3 Å². The molecule has 12 heteroatoms. The number of likely N-dealkylation sites (tertiary alicyclic amines) is 1. The van der Waals surface area contributed by atoms with Crippen LogP contribution in [0, 0.1) is 19.7 Å². The van der Waals surface area contributed by atoms with E-state index in [0.717, 1.165) is 42.9 Å². The average molecular weight is 637 g/mol. The zero-order valence-electron chi connectivity index (χ0n) is 26.4. The van der Waals surface area contributed by atoms with Gasteiger partial charge >= 0.3 is 0 Å². The lowest BCUT2D eigenvalue weighted by molar-refractivity contribution is 0.102. The van der Waals surface area contributed by atoms with Gasteiger partial charge in [-0.15, -0.1) is 0 Å². The van der Waals surface area contributed by atoms with Gasteiger partial charge in [0.1, 0.15) is 24.0 Å². The maximum absolute atomic E-state index is 15.0. The Morgan fingerprint density at radius 2 is 1.79 bits per heavy atom. The van der Waals surface area contributed by atoms with Crippen LogP contribution in [0.5, 0.6) is 17.4 Å². The fraction of sp³-hybridized carbons (Fsp3) is 0.286. The van der Waals surface area contributed by atoms with Crippen molar-refractivity contribution in [1.82, 2.24) is 29.6 Å². The van der Waals surface area contributed by atoms with Gasteiger partial charge in [-0.25, -0.2) is 19.0 Å². The third-order valence-corrected chi connectivity index (χ3v) is 7.97. The first kappa shape index (κ1) is 31.6. The number of aromatic nitrogens is 5. The van der Waals surface area contributed by atoms with E-state index in [-0.39, 0.29) is 23.1 Å². The van der Waals surface area contributed by atoms with E-state index < -0.39 is 11.7 Å². The third kappa shape index (κ3) is 8.08. The number of hydrogen-bond acceptors (Lipinski definition) is 9. The molecule has 3 aromatic carbocycles. The van der Waals surface area contributed by atoms with Crippen molar-refractivity contribution in [1.29, 1.82) is 0 Å². The van der Waals surface area contributed by atoms with Crippen molar-refractivity contribution in [2.24, 2.45) is 0 Å². The molecule has 0 radical (unpaired) electrons. The number of anilines is 3. The van der Waals surface area contributed by atoms with Crippen molar-refractivity contribution in [3.05, 3.63) is 102 Å². The number of nitrogens with one attached hydrogen (secondary N) is 2. The highest BCUT2D eigenvalue weighted by Gasteiger charge is 2.20. The van der Waals surface area contributed by atoms with Crippen LogP contribution in [-0.2, 0) is 0 Å².